The van der Waals surface area contributed by atoms with Crippen molar-refractivity contribution in [1.29, 1.82) is 0 Å². The monoisotopic (exact) mass is 369 g/mol. The van der Waals surface area contributed by atoms with Crippen LogP contribution >= 0.6 is 11.8 Å². The first-order valence-corrected chi connectivity index (χ1v) is 9.40. The summed E-state index contributed by atoms with van der Waals surface area (Å²) in [6, 6.07) is 15.8. The van der Waals surface area contributed by atoms with Crippen molar-refractivity contribution in [3.05, 3.63) is 65.6 Å². The first-order chi connectivity index (χ1) is 12.4. The number of thioether (sulfide) groups is 1. The summed E-state index contributed by atoms with van der Waals surface area (Å²) in [5, 5.41) is 1.84. The van der Waals surface area contributed by atoms with Gasteiger partial charge in [-0.2, -0.15) is 0 Å². The highest BCUT2D eigenvalue weighted by molar-refractivity contribution is 8.02. The number of hydrogen-bond acceptors (Lipinski definition) is 4. The normalized spacial score (nSPS) is 13.2. The zero-order valence-corrected chi connectivity index (χ0v) is 16.1. The maximum atomic E-state index is 12.8. The Morgan fingerprint density at radius 2 is 1.85 bits per heavy atom. The van der Waals surface area contributed by atoms with Gasteiger partial charge in [-0.15, -0.1) is 0 Å². The molecule has 0 bridgehead atoms. The zero-order valence-electron chi connectivity index (χ0n) is 15.3. The van der Waals surface area contributed by atoms with Gasteiger partial charge in [-0.1, -0.05) is 36.0 Å². The minimum Gasteiger partial charge on any atom is -0.454 e. The highest BCUT2D eigenvalue weighted by Gasteiger charge is 2.25. The Hall–Kier alpha value is -2.40. The van der Waals surface area contributed by atoms with E-state index in [0.717, 1.165) is 22.0 Å². The summed E-state index contributed by atoms with van der Waals surface area (Å²) in [6.45, 7) is 6.88. The SMILES string of the molecule is CC(C)(C)N(Cc1ccc2c(c1)OCO2)C(=O)/C=C\Sc1ccccc1. The Balaban J connectivity index is 1.70. The summed E-state index contributed by atoms with van der Waals surface area (Å²) in [6.07, 6.45) is 1.63. The van der Waals surface area contributed by atoms with Crippen molar-refractivity contribution in [3.8, 4) is 11.5 Å². The maximum absolute atomic E-state index is 12.8. The van der Waals surface area contributed by atoms with Crippen LogP contribution in [0.1, 0.15) is 26.3 Å². The van der Waals surface area contributed by atoms with Crippen LogP contribution in [0.4, 0.5) is 0 Å². The molecule has 0 N–H and O–H groups in total. The van der Waals surface area contributed by atoms with Gasteiger partial charge in [0, 0.05) is 23.1 Å². The lowest BCUT2D eigenvalue weighted by Crippen LogP contribution is -2.44. The minimum atomic E-state index is -0.296. The Kier molecular flexibility index (Phi) is 5.57. The number of amides is 1. The third kappa shape index (κ3) is 4.61. The van der Waals surface area contributed by atoms with Crippen LogP contribution in [-0.4, -0.2) is 23.1 Å². The van der Waals surface area contributed by atoms with E-state index in [2.05, 4.69) is 0 Å². The summed E-state index contributed by atoms with van der Waals surface area (Å²) in [5.74, 6) is 1.47. The molecule has 1 heterocycles. The van der Waals surface area contributed by atoms with Crippen LogP contribution in [0, 0.1) is 0 Å². The van der Waals surface area contributed by atoms with E-state index in [1.165, 1.54) is 11.8 Å². The van der Waals surface area contributed by atoms with Gasteiger partial charge in [-0.3, -0.25) is 4.79 Å². The molecule has 0 unspecified atom stereocenters. The molecule has 136 valence electrons. The molecule has 1 aliphatic heterocycles. The van der Waals surface area contributed by atoms with E-state index in [1.807, 2.05) is 79.6 Å². The van der Waals surface area contributed by atoms with E-state index < -0.39 is 0 Å². The van der Waals surface area contributed by atoms with Gasteiger partial charge in [0.25, 0.3) is 0 Å². The molecule has 0 fully saturated rings. The molecular weight excluding hydrogens is 346 g/mol. The number of carbonyl (C=O) groups excluding carboxylic acids is 1. The third-order valence-electron chi connectivity index (χ3n) is 4.01. The van der Waals surface area contributed by atoms with E-state index in [4.69, 9.17) is 9.47 Å². The molecule has 26 heavy (non-hydrogen) atoms. The molecule has 0 aliphatic carbocycles. The van der Waals surface area contributed by atoms with Crippen LogP contribution in [0.3, 0.4) is 0 Å². The average Bonchev–Trinajstić information content (AvgIpc) is 3.07. The van der Waals surface area contributed by atoms with Gasteiger partial charge in [-0.25, -0.2) is 0 Å². The van der Waals surface area contributed by atoms with Crippen molar-refractivity contribution >= 4 is 17.7 Å². The predicted octanol–water partition coefficient (Wildman–Crippen LogP) is 4.85. The second-order valence-electron chi connectivity index (χ2n) is 7.02. The fraction of sp³-hybridized carbons (Fsp3) is 0.286. The fourth-order valence-corrected chi connectivity index (χ4v) is 3.28. The Morgan fingerprint density at radius 1 is 1.12 bits per heavy atom. The maximum Gasteiger partial charge on any atom is 0.247 e. The lowest BCUT2D eigenvalue weighted by atomic mass is 10.0. The molecule has 5 heteroatoms. The van der Waals surface area contributed by atoms with Crippen LogP contribution in [0.15, 0.2) is 64.9 Å². The first-order valence-electron chi connectivity index (χ1n) is 8.52. The second-order valence-corrected chi connectivity index (χ2v) is 8.00. The number of nitrogens with zero attached hydrogens (tertiary/aromatic N) is 1. The number of carbonyl (C=O) groups is 1. The van der Waals surface area contributed by atoms with Crippen LogP contribution in [0.5, 0.6) is 11.5 Å². The van der Waals surface area contributed by atoms with E-state index in [0.29, 0.717) is 6.54 Å². The van der Waals surface area contributed by atoms with Crippen LogP contribution in [0.2, 0.25) is 0 Å². The third-order valence-corrected chi connectivity index (χ3v) is 4.83. The standard InChI is InChI=1S/C21H23NO3S/c1-21(2,3)22(14-16-9-10-18-19(13-16)25-15-24-18)20(23)11-12-26-17-7-5-4-6-8-17/h4-13H,14-15H2,1-3H3/b12-11-. The molecule has 0 saturated carbocycles. The topological polar surface area (TPSA) is 38.8 Å². The van der Waals surface area contributed by atoms with Crippen LogP contribution in [-0.2, 0) is 11.3 Å². The number of hydrogen-bond donors (Lipinski definition) is 0. The highest BCUT2D eigenvalue weighted by Crippen LogP contribution is 2.33. The average molecular weight is 369 g/mol. The van der Waals surface area contributed by atoms with Gasteiger partial charge in [0.05, 0.1) is 0 Å². The largest absolute Gasteiger partial charge is 0.454 e. The molecule has 1 amide bonds. The minimum absolute atomic E-state index is 0.0152. The van der Waals surface area contributed by atoms with Crippen LogP contribution in [0.25, 0.3) is 0 Å². The van der Waals surface area contributed by atoms with Gasteiger partial charge < -0.3 is 14.4 Å². The number of fused-ring (bicyclic) bond motifs is 1. The summed E-state index contributed by atoms with van der Waals surface area (Å²) in [5.41, 5.74) is 0.719. The van der Waals surface area contributed by atoms with Gasteiger partial charge in [0.1, 0.15) is 0 Å². The molecule has 4 nitrogen and oxygen atoms in total. The lowest BCUT2D eigenvalue weighted by molar-refractivity contribution is -0.131. The summed E-state index contributed by atoms with van der Waals surface area (Å²) in [4.78, 5) is 15.7. The van der Waals surface area contributed by atoms with Crippen molar-refractivity contribution in [2.24, 2.45) is 0 Å². The van der Waals surface area contributed by atoms with E-state index in [-0.39, 0.29) is 18.2 Å². The van der Waals surface area contributed by atoms with Gasteiger partial charge in [0.15, 0.2) is 11.5 Å². The second kappa shape index (κ2) is 7.87. The van der Waals surface area contributed by atoms with Gasteiger partial charge in [0.2, 0.25) is 12.7 Å². The van der Waals surface area contributed by atoms with Gasteiger partial charge in [-0.05, 0) is 56.0 Å². The number of rotatable bonds is 5. The molecule has 0 atom stereocenters. The molecule has 1 aliphatic rings. The Bertz CT molecular complexity index is 797. The van der Waals surface area contributed by atoms with Crippen molar-refractivity contribution in [2.75, 3.05) is 6.79 Å². The highest BCUT2D eigenvalue weighted by atomic mass is 32.2. The molecule has 0 saturated heterocycles. The molecular formula is C21H23NO3S. The quantitative estimate of drug-likeness (QED) is 0.558. The smallest absolute Gasteiger partial charge is 0.247 e. The molecule has 2 aromatic rings. The fourth-order valence-electron chi connectivity index (χ4n) is 2.63. The molecule has 3 rings (SSSR count). The predicted molar refractivity (Wildman–Crippen MR) is 104 cm³/mol. The molecule has 0 aromatic heterocycles. The van der Waals surface area contributed by atoms with Gasteiger partial charge >= 0.3 is 0 Å². The van der Waals surface area contributed by atoms with E-state index in [1.54, 1.807) is 6.08 Å². The summed E-state index contributed by atoms with van der Waals surface area (Å²) < 4.78 is 10.8. The molecule has 0 radical (unpaired) electrons. The Labute approximate surface area is 158 Å². The van der Waals surface area contributed by atoms with E-state index >= 15 is 0 Å². The number of ether oxygens (including phenoxy) is 2. The summed E-state index contributed by atoms with van der Waals surface area (Å²) >= 11 is 1.53. The summed E-state index contributed by atoms with van der Waals surface area (Å²) in [7, 11) is 0. The van der Waals surface area contributed by atoms with Crippen molar-refractivity contribution in [3.63, 3.8) is 0 Å². The van der Waals surface area contributed by atoms with Crippen molar-refractivity contribution in [2.45, 2.75) is 37.8 Å². The lowest BCUT2D eigenvalue weighted by Gasteiger charge is -2.35. The van der Waals surface area contributed by atoms with Crippen molar-refractivity contribution < 1.29 is 14.3 Å². The van der Waals surface area contributed by atoms with Crippen LogP contribution < -0.4 is 9.47 Å². The zero-order chi connectivity index (χ0) is 18.6. The van der Waals surface area contributed by atoms with Crippen molar-refractivity contribution in [1.82, 2.24) is 4.90 Å². The first kappa shape index (κ1) is 18.4. The Morgan fingerprint density at radius 3 is 2.58 bits per heavy atom. The molecule has 2 aromatic carbocycles. The number of benzene rings is 2. The van der Waals surface area contributed by atoms with E-state index in [9.17, 15) is 4.79 Å². The molecule has 0 spiro atoms.